The molecule has 29 heavy (non-hydrogen) atoms. The number of methoxy groups -OCH3 is 1. The smallest absolute Gasteiger partial charge is 0.413 e. The molecule has 0 aliphatic carbocycles. The van der Waals surface area contributed by atoms with Crippen LogP contribution in [0.15, 0.2) is 53.4 Å². The fourth-order valence-electron chi connectivity index (χ4n) is 2.33. The first-order valence-electron chi connectivity index (χ1n) is 8.14. The number of ether oxygens (including phenoxy) is 2. The number of primary sulfonamides is 1. The molecule has 0 aliphatic rings. The molecule has 2 aromatic carbocycles. The van der Waals surface area contributed by atoms with Crippen LogP contribution in [0.25, 0.3) is 0 Å². The van der Waals surface area contributed by atoms with Gasteiger partial charge in [0, 0.05) is 12.7 Å². The highest BCUT2D eigenvalue weighted by molar-refractivity contribution is 7.89. The maximum absolute atomic E-state index is 12.3. The van der Waals surface area contributed by atoms with Crippen LogP contribution in [-0.2, 0) is 24.3 Å². The Morgan fingerprint density at radius 1 is 1.10 bits per heavy atom. The number of hydrogen-bond acceptors (Lipinski definition) is 7. The molecule has 0 radical (unpaired) electrons. The zero-order chi connectivity index (χ0) is 21.6. The van der Waals surface area contributed by atoms with Crippen LogP contribution in [0.1, 0.15) is 10.4 Å². The normalized spacial score (nSPS) is 10.7. The molecule has 0 unspecified atom stereocenters. The minimum Gasteiger partial charge on any atom is -0.452 e. The molecule has 0 spiro atoms. The van der Waals surface area contributed by atoms with E-state index in [1.807, 2.05) is 0 Å². The summed E-state index contributed by atoms with van der Waals surface area (Å²) < 4.78 is 32.3. The molecule has 0 aromatic heterocycles. The van der Waals surface area contributed by atoms with Crippen LogP contribution in [0, 0.1) is 0 Å². The third-order valence-electron chi connectivity index (χ3n) is 3.71. The van der Waals surface area contributed by atoms with E-state index < -0.39 is 34.6 Å². The van der Waals surface area contributed by atoms with Gasteiger partial charge in [0.25, 0.3) is 5.91 Å². The van der Waals surface area contributed by atoms with Gasteiger partial charge in [-0.1, -0.05) is 18.2 Å². The number of nitrogens with zero attached hydrogens (tertiary/aromatic N) is 1. The minimum absolute atomic E-state index is 0.0597. The van der Waals surface area contributed by atoms with Gasteiger partial charge in [-0.05, 0) is 30.3 Å². The monoisotopic (exact) mass is 421 g/mol. The SMILES string of the molecule is COC(=O)N(C)c1ccccc1C(=O)OCC(=O)Nc1cccc(S(N)(=O)=O)c1. The van der Waals surface area contributed by atoms with Gasteiger partial charge in [-0.25, -0.2) is 23.1 Å². The highest BCUT2D eigenvalue weighted by Crippen LogP contribution is 2.21. The first-order valence-corrected chi connectivity index (χ1v) is 9.68. The van der Waals surface area contributed by atoms with Crippen molar-refractivity contribution in [2.24, 2.45) is 5.14 Å². The molecule has 2 amide bonds. The number of anilines is 2. The van der Waals surface area contributed by atoms with Crippen molar-refractivity contribution in [3.63, 3.8) is 0 Å². The summed E-state index contributed by atoms with van der Waals surface area (Å²) in [6, 6.07) is 11.5. The van der Waals surface area contributed by atoms with Crippen molar-refractivity contribution in [2.75, 3.05) is 31.0 Å². The van der Waals surface area contributed by atoms with Crippen LogP contribution in [0.3, 0.4) is 0 Å². The summed E-state index contributed by atoms with van der Waals surface area (Å²) in [4.78, 5) is 37.0. The van der Waals surface area contributed by atoms with E-state index in [1.54, 1.807) is 12.1 Å². The zero-order valence-electron chi connectivity index (χ0n) is 15.6. The van der Waals surface area contributed by atoms with E-state index in [9.17, 15) is 22.8 Å². The van der Waals surface area contributed by atoms with Gasteiger partial charge in [-0.3, -0.25) is 9.69 Å². The third kappa shape index (κ3) is 5.77. The molecular formula is C18H19N3O7S. The maximum atomic E-state index is 12.3. The molecule has 0 saturated heterocycles. The van der Waals surface area contributed by atoms with Gasteiger partial charge in [0.05, 0.1) is 23.3 Å². The van der Waals surface area contributed by atoms with Crippen molar-refractivity contribution >= 4 is 39.4 Å². The lowest BCUT2D eigenvalue weighted by atomic mass is 10.1. The van der Waals surface area contributed by atoms with Crippen LogP contribution < -0.4 is 15.4 Å². The first kappa shape index (κ1) is 21.9. The van der Waals surface area contributed by atoms with E-state index in [1.165, 1.54) is 50.6 Å². The Morgan fingerprint density at radius 3 is 2.45 bits per heavy atom. The lowest BCUT2D eigenvalue weighted by Gasteiger charge is -2.18. The van der Waals surface area contributed by atoms with Gasteiger partial charge >= 0.3 is 12.1 Å². The first-order chi connectivity index (χ1) is 13.6. The summed E-state index contributed by atoms with van der Waals surface area (Å²) in [6.07, 6.45) is -0.683. The molecule has 0 fully saturated rings. The van der Waals surface area contributed by atoms with E-state index in [2.05, 4.69) is 10.1 Å². The summed E-state index contributed by atoms with van der Waals surface area (Å²) >= 11 is 0. The number of carbonyl (C=O) groups is 3. The summed E-state index contributed by atoms with van der Waals surface area (Å²) in [5, 5.41) is 7.45. The maximum Gasteiger partial charge on any atom is 0.413 e. The second kappa shape index (κ2) is 9.17. The summed E-state index contributed by atoms with van der Waals surface area (Å²) in [6.45, 7) is -0.630. The van der Waals surface area contributed by atoms with E-state index >= 15 is 0 Å². The fraction of sp³-hybridized carbons (Fsp3) is 0.167. The van der Waals surface area contributed by atoms with Gasteiger partial charge in [0.2, 0.25) is 10.0 Å². The fourth-order valence-corrected chi connectivity index (χ4v) is 2.89. The number of benzene rings is 2. The van der Waals surface area contributed by atoms with Gasteiger partial charge in [-0.2, -0.15) is 0 Å². The van der Waals surface area contributed by atoms with Crippen molar-refractivity contribution in [1.29, 1.82) is 0 Å². The third-order valence-corrected chi connectivity index (χ3v) is 4.63. The van der Waals surface area contributed by atoms with Crippen molar-refractivity contribution in [2.45, 2.75) is 4.90 Å². The molecule has 0 bridgehead atoms. The standard InChI is InChI=1S/C18H19N3O7S/c1-21(18(24)27-2)15-9-4-3-8-14(15)17(23)28-11-16(22)20-12-6-5-7-13(10-12)29(19,25)26/h3-10H,11H2,1-2H3,(H,20,22)(H2,19,25,26). The van der Waals surface area contributed by atoms with Gasteiger partial charge in [0.15, 0.2) is 6.61 Å². The number of sulfonamides is 1. The molecule has 3 N–H and O–H groups in total. The van der Waals surface area contributed by atoms with Crippen LogP contribution in [0.2, 0.25) is 0 Å². The number of carbonyl (C=O) groups excluding carboxylic acids is 3. The molecule has 2 aromatic rings. The lowest BCUT2D eigenvalue weighted by Crippen LogP contribution is -2.28. The van der Waals surface area contributed by atoms with E-state index in [0.717, 1.165) is 4.90 Å². The summed E-state index contributed by atoms with van der Waals surface area (Å²) in [7, 11) is -1.30. The second-order valence-corrected chi connectivity index (χ2v) is 7.30. The number of nitrogens with one attached hydrogen (secondary N) is 1. The van der Waals surface area contributed by atoms with E-state index in [0.29, 0.717) is 0 Å². The zero-order valence-corrected chi connectivity index (χ0v) is 16.4. The molecule has 0 aliphatic heterocycles. The second-order valence-electron chi connectivity index (χ2n) is 5.74. The molecule has 154 valence electrons. The topological polar surface area (TPSA) is 145 Å². The van der Waals surface area contributed by atoms with Crippen LogP contribution in [0.4, 0.5) is 16.2 Å². The minimum atomic E-state index is -3.92. The summed E-state index contributed by atoms with van der Waals surface area (Å²) in [5.74, 6) is -1.52. The number of amides is 2. The Morgan fingerprint density at radius 2 is 1.79 bits per heavy atom. The van der Waals surface area contributed by atoms with Crippen LogP contribution in [-0.4, -0.2) is 47.2 Å². The Bertz CT molecular complexity index is 1040. The average molecular weight is 421 g/mol. The Balaban J connectivity index is 2.05. The number of hydrogen-bond donors (Lipinski definition) is 2. The van der Waals surface area contributed by atoms with Crippen molar-refractivity contribution in [3.8, 4) is 0 Å². The highest BCUT2D eigenvalue weighted by atomic mass is 32.2. The molecule has 10 nitrogen and oxygen atoms in total. The van der Waals surface area contributed by atoms with Crippen LogP contribution in [0.5, 0.6) is 0 Å². The predicted molar refractivity (Wildman–Crippen MR) is 104 cm³/mol. The molecular weight excluding hydrogens is 402 g/mol. The van der Waals surface area contributed by atoms with Gasteiger partial charge in [-0.15, -0.1) is 0 Å². The molecule has 11 heteroatoms. The van der Waals surface area contributed by atoms with Crippen molar-refractivity contribution in [1.82, 2.24) is 0 Å². The number of rotatable bonds is 6. The molecule has 0 heterocycles. The molecule has 0 atom stereocenters. The van der Waals surface area contributed by atoms with Gasteiger partial charge < -0.3 is 14.8 Å². The molecule has 2 rings (SSSR count). The quantitative estimate of drug-likeness (QED) is 0.669. The Labute approximate surface area is 167 Å². The number of para-hydroxylation sites is 1. The molecule has 0 saturated carbocycles. The van der Waals surface area contributed by atoms with Crippen molar-refractivity contribution < 1.29 is 32.3 Å². The van der Waals surface area contributed by atoms with E-state index in [4.69, 9.17) is 9.88 Å². The average Bonchev–Trinajstić information content (AvgIpc) is 2.70. The highest BCUT2D eigenvalue weighted by Gasteiger charge is 2.20. The van der Waals surface area contributed by atoms with Crippen molar-refractivity contribution in [3.05, 3.63) is 54.1 Å². The van der Waals surface area contributed by atoms with Gasteiger partial charge in [0.1, 0.15) is 0 Å². The Hall–Kier alpha value is -3.44. The lowest BCUT2D eigenvalue weighted by molar-refractivity contribution is -0.119. The summed E-state index contributed by atoms with van der Waals surface area (Å²) in [5.41, 5.74) is 0.471. The largest absolute Gasteiger partial charge is 0.452 e. The number of nitrogens with two attached hydrogens (primary N) is 1. The van der Waals surface area contributed by atoms with Crippen LogP contribution >= 0.6 is 0 Å². The number of esters is 1. The van der Waals surface area contributed by atoms with E-state index in [-0.39, 0.29) is 21.8 Å². The predicted octanol–water partition coefficient (Wildman–Crippen LogP) is 1.33. The Kier molecular flexibility index (Phi) is 6.91.